The van der Waals surface area contributed by atoms with Crippen molar-refractivity contribution < 1.29 is 23.7 Å². The number of unbranched alkanes of at least 4 members (excludes halogenated alkanes) is 2. The molecule has 0 radical (unpaired) electrons. The molecular weight excluding hydrogens is 416 g/mol. The number of fused-ring (bicyclic) bond motifs is 1. The van der Waals surface area contributed by atoms with Crippen molar-refractivity contribution >= 4 is 5.97 Å². The average molecular weight is 457 g/mol. The maximum atomic E-state index is 12.8. The third-order valence-corrected chi connectivity index (χ3v) is 8.32. The highest BCUT2D eigenvalue weighted by Crippen LogP contribution is 2.51. The fraction of sp³-hybridized carbons (Fsp3) is 0.750. The monoisotopic (exact) mass is 456 g/mol. The Hall–Kier alpha value is -1.59. The van der Waals surface area contributed by atoms with Crippen LogP contribution < -0.4 is 4.74 Å². The molecule has 2 aliphatic heterocycles. The Kier molecular flexibility index (Phi) is 7.27. The molecule has 1 unspecified atom stereocenters. The normalized spacial score (nSPS) is 31.7. The third kappa shape index (κ3) is 5.40. The summed E-state index contributed by atoms with van der Waals surface area (Å²) in [4.78, 5) is 12.8. The van der Waals surface area contributed by atoms with Crippen molar-refractivity contribution in [3.8, 4) is 5.75 Å². The minimum absolute atomic E-state index is 0.000120. The van der Waals surface area contributed by atoms with Crippen LogP contribution in [0, 0.1) is 11.8 Å². The standard InChI is InChI=1S/C28H40O5/c1-2-3-4-9-23(32-27-11-5-6-14-30-27)12-13-28-17-21-15-20-8-7-10-25(31-19-26(29)33-28)24(20)16-22(21)18-28/h7-8,10,21-23,27H,2-6,9,11-19H2,1H3/t21-,22+,23-,27?,28+/m1/s1. The van der Waals surface area contributed by atoms with Crippen LogP contribution in [0.2, 0.25) is 0 Å². The summed E-state index contributed by atoms with van der Waals surface area (Å²) >= 11 is 0. The van der Waals surface area contributed by atoms with E-state index in [2.05, 4.69) is 19.1 Å². The second kappa shape index (κ2) is 10.4. The van der Waals surface area contributed by atoms with E-state index in [0.29, 0.717) is 11.8 Å². The van der Waals surface area contributed by atoms with Crippen LogP contribution in [-0.4, -0.2) is 37.2 Å². The summed E-state index contributed by atoms with van der Waals surface area (Å²) in [5, 5.41) is 0. The summed E-state index contributed by atoms with van der Waals surface area (Å²) in [6.07, 6.45) is 13.9. The molecule has 2 aliphatic carbocycles. The van der Waals surface area contributed by atoms with Gasteiger partial charge >= 0.3 is 5.97 Å². The number of ether oxygens (including phenoxy) is 4. The van der Waals surface area contributed by atoms with Gasteiger partial charge in [0, 0.05) is 6.61 Å². The molecule has 0 N–H and O–H groups in total. The summed E-state index contributed by atoms with van der Waals surface area (Å²) in [5.74, 6) is 1.79. The van der Waals surface area contributed by atoms with Gasteiger partial charge in [-0.2, -0.15) is 0 Å². The highest BCUT2D eigenvalue weighted by atomic mass is 16.7. The van der Waals surface area contributed by atoms with Crippen LogP contribution in [0.1, 0.15) is 88.7 Å². The van der Waals surface area contributed by atoms with Crippen molar-refractivity contribution in [2.45, 2.75) is 108 Å². The van der Waals surface area contributed by atoms with Gasteiger partial charge in [-0.3, -0.25) is 0 Å². The fourth-order valence-corrected chi connectivity index (χ4v) is 6.67. The molecule has 2 heterocycles. The zero-order valence-electron chi connectivity index (χ0n) is 20.2. The first-order chi connectivity index (χ1) is 16.1. The summed E-state index contributed by atoms with van der Waals surface area (Å²) in [6, 6.07) is 6.30. The zero-order valence-corrected chi connectivity index (χ0v) is 20.2. The Bertz CT molecular complexity index is 817. The van der Waals surface area contributed by atoms with Crippen LogP contribution >= 0.6 is 0 Å². The van der Waals surface area contributed by atoms with Crippen LogP contribution in [0.3, 0.4) is 0 Å². The van der Waals surface area contributed by atoms with Gasteiger partial charge in [-0.25, -0.2) is 4.79 Å². The second-order valence-corrected chi connectivity index (χ2v) is 10.8. The molecule has 4 aliphatic rings. The maximum absolute atomic E-state index is 12.8. The van der Waals surface area contributed by atoms with Gasteiger partial charge < -0.3 is 18.9 Å². The number of carbonyl (C=O) groups is 1. The highest BCUT2D eigenvalue weighted by Gasteiger charge is 2.50. The van der Waals surface area contributed by atoms with E-state index in [9.17, 15) is 4.79 Å². The van der Waals surface area contributed by atoms with Crippen LogP contribution in [0.5, 0.6) is 5.75 Å². The molecule has 182 valence electrons. The molecule has 5 nitrogen and oxygen atoms in total. The van der Waals surface area contributed by atoms with E-state index >= 15 is 0 Å². The van der Waals surface area contributed by atoms with Crippen molar-refractivity contribution in [1.29, 1.82) is 0 Å². The SMILES string of the molecule is CCCCC[C@H](CC[C@]12C[C@H]3Cc4cccc(c4C[C@H]3C1)OCC(=O)O2)OC1CCCCO1. The first kappa shape index (κ1) is 23.2. The molecular formula is C28H40O5. The Balaban J connectivity index is 1.29. The molecule has 1 aromatic carbocycles. The number of hydrogen-bond acceptors (Lipinski definition) is 5. The van der Waals surface area contributed by atoms with Crippen LogP contribution in [0.4, 0.5) is 0 Å². The molecule has 0 amide bonds. The molecule has 5 heteroatoms. The quantitative estimate of drug-likeness (QED) is 0.349. The topological polar surface area (TPSA) is 54.0 Å². The van der Waals surface area contributed by atoms with Crippen molar-refractivity contribution in [3.63, 3.8) is 0 Å². The van der Waals surface area contributed by atoms with E-state index in [4.69, 9.17) is 18.9 Å². The predicted molar refractivity (Wildman–Crippen MR) is 126 cm³/mol. The number of rotatable bonds is 9. The van der Waals surface area contributed by atoms with Gasteiger partial charge in [0.15, 0.2) is 12.9 Å². The summed E-state index contributed by atoms with van der Waals surface area (Å²) in [6.45, 7) is 3.05. The van der Waals surface area contributed by atoms with Crippen molar-refractivity contribution in [2.75, 3.05) is 13.2 Å². The van der Waals surface area contributed by atoms with Gasteiger partial charge in [0.1, 0.15) is 11.4 Å². The molecule has 5 atom stereocenters. The second-order valence-electron chi connectivity index (χ2n) is 10.8. The van der Waals surface area contributed by atoms with Crippen LogP contribution in [0.25, 0.3) is 0 Å². The summed E-state index contributed by atoms with van der Waals surface area (Å²) < 4.78 is 24.5. The molecule has 1 saturated carbocycles. The van der Waals surface area contributed by atoms with E-state index in [1.807, 2.05) is 6.07 Å². The Morgan fingerprint density at radius 1 is 1.12 bits per heavy atom. The number of carbonyl (C=O) groups excluding carboxylic acids is 1. The molecule has 2 fully saturated rings. The lowest BCUT2D eigenvalue weighted by Gasteiger charge is -2.33. The van der Waals surface area contributed by atoms with Crippen molar-refractivity contribution in [3.05, 3.63) is 29.3 Å². The largest absolute Gasteiger partial charge is 0.482 e. The fourth-order valence-electron chi connectivity index (χ4n) is 6.67. The molecule has 0 spiro atoms. The Labute approximate surface area is 198 Å². The van der Waals surface area contributed by atoms with Gasteiger partial charge in [0.05, 0.1) is 6.10 Å². The molecule has 0 aromatic heterocycles. The molecule has 1 aromatic rings. The lowest BCUT2D eigenvalue weighted by atomic mass is 9.77. The molecule has 33 heavy (non-hydrogen) atoms. The van der Waals surface area contributed by atoms with Crippen molar-refractivity contribution in [1.82, 2.24) is 0 Å². The highest BCUT2D eigenvalue weighted by molar-refractivity contribution is 5.72. The predicted octanol–water partition coefficient (Wildman–Crippen LogP) is 5.76. The first-order valence-electron chi connectivity index (χ1n) is 13.4. The van der Waals surface area contributed by atoms with E-state index in [0.717, 1.165) is 70.1 Å². The third-order valence-electron chi connectivity index (χ3n) is 8.32. The zero-order chi connectivity index (χ0) is 22.7. The Morgan fingerprint density at radius 2 is 2.00 bits per heavy atom. The van der Waals surface area contributed by atoms with Gasteiger partial charge in [-0.05, 0) is 93.2 Å². The first-order valence-corrected chi connectivity index (χ1v) is 13.4. The van der Waals surface area contributed by atoms with E-state index in [1.165, 1.54) is 36.8 Å². The summed E-state index contributed by atoms with van der Waals surface area (Å²) in [5.41, 5.74) is 2.34. The van der Waals surface area contributed by atoms with E-state index < -0.39 is 0 Å². The van der Waals surface area contributed by atoms with Gasteiger partial charge in [-0.1, -0.05) is 38.3 Å². The van der Waals surface area contributed by atoms with E-state index in [1.54, 1.807) is 0 Å². The van der Waals surface area contributed by atoms with Gasteiger partial charge in [0.25, 0.3) is 0 Å². The van der Waals surface area contributed by atoms with Gasteiger partial charge in [0.2, 0.25) is 0 Å². The minimum Gasteiger partial charge on any atom is -0.482 e. The number of esters is 1. The molecule has 1 saturated heterocycles. The smallest absolute Gasteiger partial charge is 0.344 e. The number of benzene rings is 1. The minimum atomic E-state index is -0.380. The summed E-state index contributed by atoms with van der Waals surface area (Å²) in [7, 11) is 0. The number of hydrogen-bond donors (Lipinski definition) is 0. The van der Waals surface area contributed by atoms with Crippen LogP contribution in [-0.2, 0) is 31.8 Å². The lowest BCUT2D eigenvalue weighted by Crippen LogP contribution is -2.37. The Morgan fingerprint density at radius 3 is 2.82 bits per heavy atom. The van der Waals surface area contributed by atoms with E-state index in [-0.39, 0.29) is 30.6 Å². The van der Waals surface area contributed by atoms with Gasteiger partial charge in [-0.15, -0.1) is 0 Å². The molecule has 5 rings (SSSR count). The molecule has 3 bridgehead atoms. The maximum Gasteiger partial charge on any atom is 0.344 e. The van der Waals surface area contributed by atoms with Crippen LogP contribution in [0.15, 0.2) is 18.2 Å². The van der Waals surface area contributed by atoms with Crippen molar-refractivity contribution in [2.24, 2.45) is 11.8 Å². The lowest BCUT2D eigenvalue weighted by molar-refractivity contribution is -0.194. The average Bonchev–Trinajstić information content (AvgIpc) is 3.16.